The third-order valence-electron chi connectivity index (χ3n) is 2.70. The molecule has 0 aliphatic rings. The fourth-order valence-electron chi connectivity index (χ4n) is 2.03. The Bertz CT molecular complexity index is 559. The molecule has 2 N–H and O–H groups in total. The summed E-state index contributed by atoms with van der Waals surface area (Å²) in [5.74, 6) is 1.46. The normalized spacial score (nSPS) is 10.6. The Balaban J connectivity index is 2.70. The number of oxazole rings is 1. The molecule has 0 aliphatic heterocycles. The number of hydrogen-bond donors (Lipinski definition) is 1. The second-order valence-electron chi connectivity index (χ2n) is 4.13. The highest BCUT2D eigenvalue weighted by molar-refractivity contribution is 5.72. The number of anilines is 1. The fraction of sp³-hybridized carbons (Fsp3) is 0.308. The number of benzene rings is 1. The molecule has 4 nitrogen and oxygen atoms in total. The Morgan fingerprint density at radius 2 is 1.94 bits per heavy atom. The number of nitrogen functional groups attached to an aromatic ring is 1. The van der Waals surface area contributed by atoms with Gasteiger partial charge >= 0.3 is 0 Å². The van der Waals surface area contributed by atoms with E-state index in [0.717, 1.165) is 28.1 Å². The van der Waals surface area contributed by atoms with Crippen LogP contribution in [-0.4, -0.2) is 12.1 Å². The maximum absolute atomic E-state index is 5.57. The number of methoxy groups -OCH3 is 1. The molecule has 0 atom stereocenters. The van der Waals surface area contributed by atoms with Crippen LogP contribution in [0.3, 0.4) is 0 Å². The summed E-state index contributed by atoms with van der Waals surface area (Å²) >= 11 is 0. The first kappa shape index (κ1) is 11.5. The lowest BCUT2D eigenvalue weighted by molar-refractivity contribution is 0.414. The predicted molar refractivity (Wildman–Crippen MR) is 67.1 cm³/mol. The Hall–Kier alpha value is -1.97. The van der Waals surface area contributed by atoms with Crippen LogP contribution in [0, 0.1) is 20.8 Å². The summed E-state index contributed by atoms with van der Waals surface area (Å²) < 4.78 is 10.8. The minimum absolute atomic E-state index is 0.180. The van der Waals surface area contributed by atoms with E-state index in [1.807, 2.05) is 26.8 Å². The van der Waals surface area contributed by atoms with E-state index in [4.69, 9.17) is 14.9 Å². The van der Waals surface area contributed by atoms with Crippen LogP contribution in [-0.2, 0) is 0 Å². The van der Waals surface area contributed by atoms with Gasteiger partial charge in [0, 0.05) is 0 Å². The van der Waals surface area contributed by atoms with Gasteiger partial charge in [0.05, 0.1) is 18.4 Å². The second kappa shape index (κ2) is 4.13. The first-order valence-electron chi connectivity index (χ1n) is 5.41. The molecule has 2 aromatic rings. The zero-order valence-electron chi connectivity index (χ0n) is 10.5. The molecule has 1 aromatic carbocycles. The van der Waals surface area contributed by atoms with E-state index < -0.39 is 0 Å². The smallest absolute Gasteiger partial charge is 0.292 e. The Morgan fingerprint density at radius 1 is 1.24 bits per heavy atom. The van der Waals surface area contributed by atoms with Crippen LogP contribution < -0.4 is 10.5 Å². The molecule has 0 radical (unpaired) electrons. The standard InChI is InChI=1S/C13H16N2O2/c1-7-5-8(2)11(10(6-7)16-4)12-9(3)15-13(14)17-12/h5-6H,1-4H3,(H2,14,15). The van der Waals surface area contributed by atoms with E-state index in [0.29, 0.717) is 5.76 Å². The number of nitrogens with two attached hydrogens (primary N) is 1. The van der Waals surface area contributed by atoms with Gasteiger partial charge in [-0.3, -0.25) is 0 Å². The van der Waals surface area contributed by atoms with Gasteiger partial charge < -0.3 is 14.9 Å². The highest BCUT2D eigenvalue weighted by Gasteiger charge is 2.17. The predicted octanol–water partition coefficient (Wildman–Crippen LogP) is 2.86. The molecule has 17 heavy (non-hydrogen) atoms. The summed E-state index contributed by atoms with van der Waals surface area (Å²) in [6.45, 7) is 5.91. The summed E-state index contributed by atoms with van der Waals surface area (Å²) in [5, 5.41) is 0. The third kappa shape index (κ3) is 1.98. The molecular formula is C13H16N2O2. The average molecular weight is 232 g/mol. The molecule has 0 bridgehead atoms. The molecule has 2 rings (SSSR count). The van der Waals surface area contributed by atoms with Crippen molar-refractivity contribution in [3.8, 4) is 17.1 Å². The Labute approximate surface area is 100 Å². The Morgan fingerprint density at radius 3 is 2.47 bits per heavy atom. The first-order valence-corrected chi connectivity index (χ1v) is 5.41. The van der Waals surface area contributed by atoms with Crippen molar-refractivity contribution in [1.82, 2.24) is 4.98 Å². The SMILES string of the molecule is COc1cc(C)cc(C)c1-c1oc(N)nc1C. The summed E-state index contributed by atoms with van der Waals surface area (Å²) in [7, 11) is 1.65. The molecule has 90 valence electrons. The number of nitrogens with zero attached hydrogens (tertiary/aromatic N) is 1. The molecule has 0 fully saturated rings. The van der Waals surface area contributed by atoms with E-state index in [1.165, 1.54) is 0 Å². The lowest BCUT2D eigenvalue weighted by Gasteiger charge is -2.11. The van der Waals surface area contributed by atoms with Crippen LogP contribution in [0.25, 0.3) is 11.3 Å². The third-order valence-corrected chi connectivity index (χ3v) is 2.70. The van der Waals surface area contributed by atoms with Gasteiger partial charge in [-0.2, -0.15) is 4.98 Å². The van der Waals surface area contributed by atoms with Crippen molar-refractivity contribution in [2.75, 3.05) is 12.8 Å². The zero-order valence-corrected chi connectivity index (χ0v) is 10.5. The van der Waals surface area contributed by atoms with Crippen molar-refractivity contribution in [2.45, 2.75) is 20.8 Å². The highest BCUT2D eigenvalue weighted by atomic mass is 16.5. The van der Waals surface area contributed by atoms with Gasteiger partial charge in [-0.1, -0.05) is 6.07 Å². The van der Waals surface area contributed by atoms with Gasteiger partial charge in [0.1, 0.15) is 5.75 Å². The number of aromatic nitrogens is 1. The lowest BCUT2D eigenvalue weighted by atomic mass is 10.0. The van der Waals surface area contributed by atoms with Gasteiger partial charge in [-0.05, 0) is 38.0 Å². The summed E-state index contributed by atoms with van der Waals surface area (Å²) in [5.41, 5.74) is 9.49. The van der Waals surface area contributed by atoms with Crippen LogP contribution in [0.5, 0.6) is 5.75 Å². The van der Waals surface area contributed by atoms with E-state index in [1.54, 1.807) is 7.11 Å². The number of hydrogen-bond acceptors (Lipinski definition) is 4. The van der Waals surface area contributed by atoms with E-state index in [9.17, 15) is 0 Å². The van der Waals surface area contributed by atoms with Crippen molar-refractivity contribution >= 4 is 6.01 Å². The molecule has 0 unspecified atom stereocenters. The molecule has 0 aliphatic carbocycles. The number of aryl methyl sites for hydroxylation is 3. The molecule has 0 saturated carbocycles. The van der Waals surface area contributed by atoms with Crippen molar-refractivity contribution in [3.63, 3.8) is 0 Å². The largest absolute Gasteiger partial charge is 0.496 e. The summed E-state index contributed by atoms with van der Waals surface area (Å²) in [6, 6.07) is 4.23. The maximum atomic E-state index is 5.57. The molecular weight excluding hydrogens is 216 g/mol. The quantitative estimate of drug-likeness (QED) is 0.864. The number of rotatable bonds is 2. The van der Waals surface area contributed by atoms with E-state index in [2.05, 4.69) is 11.1 Å². The van der Waals surface area contributed by atoms with Crippen molar-refractivity contribution < 1.29 is 9.15 Å². The second-order valence-corrected chi connectivity index (χ2v) is 4.13. The van der Waals surface area contributed by atoms with Crippen LogP contribution in [0.4, 0.5) is 6.01 Å². The summed E-state index contributed by atoms with van der Waals surface area (Å²) in [6.07, 6.45) is 0. The molecule has 0 amide bonds. The highest BCUT2D eigenvalue weighted by Crippen LogP contribution is 2.36. The van der Waals surface area contributed by atoms with Crippen LogP contribution in [0.2, 0.25) is 0 Å². The fourth-order valence-corrected chi connectivity index (χ4v) is 2.03. The van der Waals surface area contributed by atoms with Gasteiger partial charge in [0.2, 0.25) is 0 Å². The van der Waals surface area contributed by atoms with Gasteiger partial charge in [-0.25, -0.2) is 0 Å². The van der Waals surface area contributed by atoms with Gasteiger partial charge in [-0.15, -0.1) is 0 Å². The van der Waals surface area contributed by atoms with Gasteiger partial charge in [0.15, 0.2) is 5.76 Å². The van der Waals surface area contributed by atoms with Crippen molar-refractivity contribution in [3.05, 3.63) is 29.0 Å². The molecule has 1 aromatic heterocycles. The van der Waals surface area contributed by atoms with E-state index in [-0.39, 0.29) is 6.01 Å². The minimum atomic E-state index is 0.180. The Kier molecular flexibility index (Phi) is 2.79. The molecule has 1 heterocycles. The minimum Gasteiger partial charge on any atom is -0.496 e. The topological polar surface area (TPSA) is 61.3 Å². The van der Waals surface area contributed by atoms with Crippen LogP contribution >= 0.6 is 0 Å². The molecule has 0 spiro atoms. The van der Waals surface area contributed by atoms with E-state index >= 15 is 0 Å². The first-order chi connectivity index (χ1) is 8.02. The zero-order chi connectivity index (χ0) is 12.6. The maximum Gasteiger partial charge on any atom is 0.292 e. The average Bonchev–Trinajstić information content (AvgIpc) is 2.56. The van der Waals surface area contributed by atoms with Crippen molar-refractivity contribution in [2.24, 2.45) is 0 Å². The summed E-state index contributed by atoms with van der Waals surface area (Å²) in [4.78, 5) is 4.08. The van der Waals surface area contributed by atoms with Crippen LogP contribution in [0.15, 0.2) is 16.5 Å². The number of ether oxygens (including phenoxy) is 1. The molecule has 4 heteroatoms. The van der Waals surface area contributed by atoms with Crippen molar-refractivity contribution in [1.29, 1.82) is 0 Å². The molecule has 0 saturated heterocycles. The van der Waals surface area contributed by atoms with Crippen LogP contribution in [0.1, 0.15) is 16.8 Å². The lowest BCUT2D eigenvalue weighted by Crippen LogP contribution is -1.93. The van der Waals surface area contributed by atoms with Gasteiger partial charge in [0.25, 0.3) is 6.01 Å². The monoisotopic (exact) mass is 232 g/mol.